The molecule has 1 aliphatic heterocycles. The van der Waals surface area contributed by atoms with Gasteiger partial charge in [0.1, 0.15) is 0 Å². The van der Waals surface area contributed by atoms with E-state index in [-0.39, 0.29) is 10.9 Å². The molecule has 0 saturated carbocycles. The monoisotopic (exact) mass is 400 g/mol. The van der Waals surface area contributed by atoms with Gasteiger partial charge in [-0.05, 0) is 55.1 Å². The lowest BCUT2D eigenvalue weighted by atomic mass is 9.92. The Morgan fingerprint density at radius 3 is 2.50 bits per heavy atom. The molecule has 0 unspecified atom stereocenters. The first-order valence-corrected chi connectivity index (χ1v) is 13.1. The standard InChI is InChI=1S/C23H33FN2OSi/c1-17-10-11-18(13-25-17)12-19-14-26(15-19)21-9-7-8-20(22(21)24)16-27-28(5,6)23(2,3)4/h7-11,13,19H,12,14-16H2,1-6H3. The SMILES string of the molecule is Cc1ccc(CC2CN(c3cccc(CO[Si](C)(C)C(C)(C)C)c3F)C2)cn1. The molecule has 152 valence electrons. The molecule has 1 aromatic carbocycles. The summed E-state index contributed by atoms with van der Waals surface area (Å²) in [6, 6.07) is 9.87. The topological polar surface area (TPSA) is 25.4 Å². The van der Waals surface area contributed by atoms with E-state index in [2.05, 4.69) is 55.9 Å². The second-order valence-corrected chi connectivity index (χ2v) is 14.4. The van der Waals surface area contributed by atoms with E-state index in [0.717, 1.165) is 25.2 Å². The zero-order valence-electron chi connectivity index (χ0n) is 18.1. The molecule has 0 amide bonds. The van der Waals surface area contributed by atoms with E-state index < -0.39 is 8.32 Å². The van der Waals surface area contributed by atoms with Gasteiger partial charge in [-0.15, -0.1) is 0 Å². The Morgan fingerprint density at radius 2 is 1.89 bits per heavy atom. The number of halogens is 1. The second-order valence-electron chi connectivity index (χ2n) is 9.58. The van der Waals surface area contributed by atoms with Crippen molar-refractivity contribution in [3.05, 3.63) is 59.2 Å². The molecule has 0 radical (unpaired) electrons. The van der Waals surface area contributed by atoms with Crippen LogP contribution in [-0.2, 0) is 17.5 Å². The predicted octanol–water partition coefficient (Wildman–Crippen LogP) is 5.73. The summed E-state index contributed by atoms with van der Waals surface area (Å²) in [5, 5.41) is 0.122. The van der Waals surface area contributed by atoms with Crippen LogP contribution in [0.4, 0.5) is 10.1 Å². The van der Waals surface area contributed by atoms with Crippen molar-refractivity contribution in [2.45, 2.75) is 58.9 Å². The average molecular weight is 401 g/mol. The lowest BCUT2D eigenvalue weighted by Gasteiger charge is -2.41. The number of aryl methyl sites for hydroxylation is 1. The Kier molecular flexibility index (Phi) is 5.96. The van der Waals surface area contributed by atoms with Gasteiger partial charge < -0.3 is 9.33 Å². The number of hydrogen-bond acceptors (Lipinski definition) is 3. The summed E-state index contributed by atoms with van der Waals surface area (Å²) in [6.45, 7) is 15.1. The average Bonchev–Trinajstić information content (AvgIpc) is 2.58. The van der Waals surface area contributed by atoms with Crippen LogP contribution in [0.1, 0.15) is 37.6 Å². The molecule has 0 atom stereocenters. The first kappa shape index (κ1) is 21.0. The van der Waals surface area contributed by atoms with Crippen LogP contribution >= 0.6 is 0 Å². The van der Waals surface area contributed by atoms with Gasteiger partial charge in [0.15, 0.2) is 14.1 Å². The molecule has 0 bridgehead atoms. The fraction of sp³-hybridized carbons (Fsp3) is 0.522. The van der Waals surface area contributed by atoms with E-state index in [1.165, 1.54) is 5.56 Å². The predicted molar refractivity (Wildman–Crippen MR) is 117 cm³/mol. The van der Waals surface area contributed by atoms with E-state index in [1.54, 1.807) is 0 Å². The molecule has 3 nitrogen and oxygen atoms in total. The molecule has 3 rings (SSSR count). The van der Waals surface area contributed by atoms with Gasteiger partial charge in [-0.2, -0.15) is 0 Å². The molecule has 1 aromatic heterocycles. The van der Waals surface area contributed by atoms with Gasteiger partial charge in [0, 0.05) is 30.5 Å². The van der Waals surface area contributed by atoms with Crippen molar-refractivity contribution in [1.29, 1.82) is 0 Å². The van der Waals surface area contributed by atoms with Crippen molar-refractivity contribution < 1.29 is 8.82 Å². The van der Waals surface area contributed by atoms with E-state index in [1.807, 2.05) is 31.3 Å². The van der Waals surface area contributed by atoms with Crippen LogP contribution in [0.2, 0.25) is 18.1 Å². The van der Waals surface area contributed by atoms with E-state index >= 15 is 4.39 Å². The molecule has 1 saturated heterocycles. The summed E-state index contributed by atoms with van der Waals surface area (Å²) in [7, 11) is -1.89. The first-order valence-electron chi connectivity index (χ1n) is 10.1. The maximum Gasteiger partial charge on any atom is 0.192 e. The maximum absolute atomic E-state index is 15.1. The largest absolute Gasteiger partial charge is 0.412 e. The van der Waals surface area contributed by atoms with Crippen molar-refractivity contribution in [2.24, 2.45) is 5.92 Å². The molecule has 0 spiro atoms. The van der Waals surface area contributed by atoms with Crippen molar-refractivity contribution in [1.82, 2.24) is 4.98 Å². The minimum absolute atomic E-state index is 0.122. The van der Waals surface area contributed by atoms with E-state index in [9.17, 15) is 0 Å². The summed E-state index contributed by atoms with van der Waals surface area (Å²) in [5.41, 5.74) is 3.66. The van der Waals surface area contributed by atoms with E-state index in [4.69, 9.17) is 4.43 Å². The van der Waals surface area contributed by atoms with E-state index in [0.29, 0.717) is 23.8 Å². The highest BCUT2D eigenvalue weighted by Crippen LogP contribution is 2.38. The zero-order valence-corrected chi connectivity index (χ0v) is 19.1. The van der Waals surface area contributed by atoms with Gasteiger partial charge in [-0.3, -0.25) is 4.98 Å². The molecule has 1 aliphatic rings. The minimum atomic E-state index is -1.89. The summed E-state index contributed by atoms with van der Waals surface area (Å²) in [6.07, 6.45) is 2.96. The third-order valence-corrected chi connectivity index (χ3v) is 10.7. The minimum Gasteiger partial charge on any atom is -0.412 e. The smallest absolute Gasteiger partial charge is 0.192 e. The van der Waals surface area contributed by atoms with Gasteiger partial charge in [0.05, 0.1) is 12.3 Å². The van der Waals surface area contributed by atoms with Gasteiger partial charge in [-0.1, -0.05) is 39.0 Å². The molecule has 2 aromatic rings. The van der Waals surface area contributed by atoms with Gasteiger partial charge in [0.25, 0.3) is 0 Å². The van der Waals surface area contributed by atoms with Crippen molar-refractivity contribution in [2.75, 3.05) is 18.0 Å². The molecule has 5 heteroatoms. The molecule has 0 aliphatic carbocycles. The molecule has 0 N–H and O–H groups in total. The number of benzene rings is 1. The quantitative estimate of drug-likeness (QED) is 0.579. The first-order chi connectivity index (χ1) is 13.1. The second kappa shape index (κ2) is 7.95. The number of hydrogen-bond donors (Lipinski definition) is 0. The number of aromatic nitrogens is 1. The number of pyridine rings is 1. The molecule has 1 fully saturated rings. The van der Waals surface area contributed by atoms with Gasteiger partial charge in [-0.25, -0.2) is 4.39 Å². The van der Waals surface area contributed by atoms with Crippen LogP contribution in [0, 0.1) is 18.7 Å². The Hall–Kier alpha value is -1.72. The maximum atomic E-state index is 15.1. The van der Waals surface area contributed by atoms with Crippen molar-refractivity contribution in [3.63, 3.8) is 0 Å². The Balaban J connectivity index is 1.60. The molecular weight excluding hydrogens is 367 g/mol. The fourth-order valence-corrected chi connectivity index (χ4v) is 4.19. The summed E-state index contributed by atoms with van der Waals surface area (Å²) in [5.74, 6) is 0.424. The van der Waals surface area contributed by atoms with Crippen LogP contribution in [0.5, 0.6) is 0 Å². The van der Waals surface area contributed by atoms with Crippen LogP contribution in [0.15, 0.2) is 36.5 Å². The summed E-state index contributed by atoms with van der Waals surface area (Å²) < 4.78 is 21.3. The lowest BCUT2D eigenvalue weighted by Crippen LogP contribution is -2.48. The number of rotatable bonds is 6. The van der Waals surface area contributed by atoms with Crippen molar-refractivity contribution >= 4 is 14.0 Å². The van der Waals surface area contributed by atoms with Crippen LogP contribution in [0.25, 0.3) is 0 Å². The fourth-order valence-electron chi connectivity index (χ4n) is 3.24. The van der Waals surface area contributed by atoms with Crippen molar-refractivity contribution in [3.8, 4) is 0 Å². The van der Waals surface area contributed by atoms with Crippen LogP contribution < -0.4 is 4.90 Å². The van der Waals surface area contributed by atoms with Gasteiger partial charge in [0.2, 0.25) is 0 Å². The van der Waals surface area contributed by atoms with Gasteiger partial charge >= 0.3 is 0 Å². The van der Waals surface area contributed by atoms with Crippen LogP contribution in [-0.4, -0.2) is 26.4 Å². The Labute approximate surface area is 170 Å². The third kappa shape index (κ3) is 4.63. The number of nitrogens with zero attached hydrogens (tertiary/aromatic N) is 2. The summed E-state index contributed by atoms with van der Waals surface area (Å²) in [4.78, 5) is 6.50. The zero-order chi connectivity index (χ0) is 20.5. The normalized spacial score (nSPS) is 15.6. The highest BCUT2D eigenvalue weighted by atomic mass is 28.4. The molecule has 2 heterocycles. The Morgan fingerprint density at radius 1 is 1.18 bits per heavy atom. The molecular formula is C23H33FN2OSi. The lowest BCUT2D eigenvalue weighted by molar-refractivity contribution is 0.271. The molecule has 28 heavy (non-hydrogen) atoms. The highest BCUT2D eigenvalue weighted by molar-refractivity contribution is 6.74. The third-order valence-electron chi connectivity index (χ3n) is 6.25. The van der Waals surface area contributed by atoms with Crippen LogP contribution in [0.3, 0.4) is 0 Å². The number of anilines is 1. The highest BCUT2D eigenvalue weighted by Gasteiger charge is 2.37. The Bertz CT molecular complexity index is 808. The summed E-state index contributed by atoms with van der Waals surface area (Å²) >= 11 is 0.